The molecule has 0 aliphatic rings. The van der Waals surface area contributed by atoms with Crippen LogP contribution in [0.5, 0.6) is 0 Å². The van der Waals surface area contributed by atoms with Crippen molar-refractivity contribution in [3.05, 3.63) is 28.8 Å². The minimum atomic E-state index is -0.800. The van der Waals surface area contributed by atoms with Crippen LogP contribution >= 0.6 is 11.6 Å². The van der Waals surface area contributed by atoms with Crippen LogP contribution in [-0.4, -0.2) is 11.9 Å². The summed E-state index contributed by atoms with van der Waals surface area (Å²) in [7, 11) is 0. The van der Waals surface area contributed by atoms with Crippen LogP contribution in [0.4, 0.5) is 5.69 Å². The molecule has 0 saturated carbocycles. The largest absolute Gasteiger partial charge is 0.323 e. The van der Waals surface area contributed by atoms with Crippen molar-refractivity contribution in [3.63, 3.8) is 0 Å². The van der Waals surface area contributed by atoms with Gasteiger partial charge in [0.2, 0.25) is 5.91 Å². The normalized spacial score (nSPS) is 11.1. The van der Waals surface area contributed by atoms with Crippen molar-refractivity contribution in [1.82, 2.24) is 0 Å². The molecule has 0 spiro atoms. The number of nitriles is 1. The number of benzene rings is 1. The van der Waals surface area contributed by atoms with Crippen LogP contribution < -0.4 is 11.1 Å². The van der Waals surface area contributed by atoms with E-state index in [-0.39, 0.29) is 6.42 Å². The van der Waals surface area contributed by atoms with Gasteiger partial charge in [-0.2, -0.15) is 5.26 Å². The zero-order chi connectivity index (χ0) is 12.8. The molecule has 0 bridgehead atoms. The third-order valence-electron chi connectivity index (χ3n) is 2.03. The molecule has 1 amide bonds. The minimum absolute atomic E-state index is 0.133. The number of halogens is 1. The molecule has 3 N–H and O–H groups in total. The van der Waals surface area contributed by atoms with E-state index < -0.39 is 11.9 Å². The lowest BCUT2D eigenvalue weighted by Gasteiger charge is -2.11. The maximum Gasteiger partial charge on any atom is 0.242 e. The molecule has 4 nitrogen and oxygen atoms in total. The van der Waals surface area contributed by atoms with Crippen LogP contribution in [0.25, 0.3) is 0 Å². The van der Waals surface area contributed by atoms with Crippen LogP contribution in [0.1, 0.15) is 12.0 Å². The number of terminal acetylenes is 1. The summed E-state index contributed by atoms with van der Waals surface area (Å²) in [6, 6.07) is 5.72. The molecule has 5 heteroatoms. The van der Waals surface area contributed by atoms with Gasteiger partial charge in [-0.3, -0.25) is 4.79 Å². The van der Waals surface area contributed by atoms with Gasteiger partial charge in [0.25, 0.3) is 0 Å². The van der Waals surface area contributed by atoms with Gasteiger partial charge >= 0.3 is 0 Å². The monoisotopic (exact) mass is 247 g/mol. The zero-order valence-electron chi connectivity index (χ0n) is 8.90. The number of anilines is 1. The molecule has 1 aromatic rings. The summed E-state index contributed by atoms with van der Waals surface area (Å²) < 4.78 is 0. The van der Waals surface area contributed by atoms with Gasteiger partial charge in [-0.25, -0.2) is 0 Å². The maximum atomic E-state index is 11.6. The maximum absolute atomic E-state index is 11.6. The Morgan fingerprint density at radius 3 is 2.94 bits per heavy atom. The van der Waals surface area contributed by atoms with Gasteiger partial charge in [0.1, 0.15) is 6.07 Å². The third-order valence-corrected chi connectivity index (χ3v) is 2.27. The summed E-state index contributed by atoms with van der Waals surface area (Å²) in [6.45, 7) is 0. The van der Waals surface area contributed by atoms with Gasteiger partial charge < -0.3 is 11.1 Å². The van der Waals surface area contributed by atoms with Crippen molar-refractivity contribution in [3.8, 4) is 18.4 Å². The minimum Gasteiger partial charge on any atom is -0.323 e. The van der Waals surface area contributed by atoms with Gasteiger partial charge in [-0.15, -0.1) is 12.3 Å². The number of hydrogen-bond acceptors (Lipinski definition) is 3. The SMILES string of the molecule is C#CCC(N)C(=O)Nc1cc(Cl)ccc1C#N. The fourth-order valence-electron chi connectivity index (χ4n) is 1.16. The first-order valence-electron chi connectivity index (χ1n) is 4.78. The lowest BCUT2D eigenvalue weighted by molar-refractivity contribution is -0.117. The lowest BCUT2D eigenvalue weighted by Crippen LogP contribution is -2.35. The molecule has 0 radical (unpaired) electrons. The highest BCUT2D eigenvalue weighted by molar-refractivity contribution is 6.31. The fourth-order valence-corrected chi connectivity index (χ4v) is 1.33. The highest BCUT2D eigenvalue weighted by atomic mass is 35.5. The second kappa shape index (κ2) is 5.91. The van der Waals surface area contributed by atoms with E-state index in [9.17, 15) is 4.79 Å². The van der Waals surface area contributed by atoms with E-state index in [1.54, 1.807) is 6.07 Å². The van der Waals surface area contributed by atoms with E-state index in [1.807, 2.05) is 6.07 Å². The van der Waals surface area contributed by atoms with Crippen molar-refractivity contribution in [2.75, 3.05) is 5.32 Å². The van der Waals surface area contributed by atoms with E-state index in [0.717, 1.165) is 0 Å². The Kier molecular flexibility index (Phi) is 4.54. The smallest absolute Gasteiger partial charge is 0.242 e. The van der Waals surface area contributed by atoms with Crippen molar-refractivity contribution in [2.45, 2.75) is 12.5 Å². The Labute approximate surface area is 104 Å². The van der Waals surface area contributed by atoms with Crippen molar-refractivity contribution < 1.29 is 4.79 Å². The fraction of sp³-hybridized carbons (Fsp3) is 0.167. The predicted octanol–water partition coefficient (Wildman–Crippen LogP) is 1.50. The molecular formula is C12H10ClN3O. The number of nitrogens with zero attached hydrogens (tertiary/aromatic N) is 1. The first-order valence-corrected chi connectivity index (χ1v) is 5.16. The predicted molar refractivity (Wildman–Crippen MR) is 66.2 cm³/mol. The summed E-state index contributed by atoms with van der Waals surface area (Å²) in [5.41, 5.74) is 6.18. The average Bonchev–Trinajstić information content (AvgIpc) is 2.29. The molecule has 0 fully saturated rings. The molecule has 0 aliphatic carbocycles. The topological polar surface area (TPSA) is 78.9 Å². The Hall–Kier alpha value is -2.01. The standard InChI is InChI=1S/C12H10ClN3O/c1-2-3-10(15)12(17)16-11-6-9(13)5-4-8(11)7-14/h1,4-6,10H,3,15H2,(H,16,17). The van der Waals surface area contributed by atoms with Gasteiger partial charge in [-0.05, 0) is 18.2 Å². The number of amides is 1. The summed E-state index contributed by atoms with van der Waals surface area (Å²) >= 11 is 5.77. The van der Waals surface area contributed by atoms with Crippen LogP contribution in [-0.2, 0) is 4.79 Å². The molecule has 1 aromatic carbocycles. The number of rotatable bonds is 3. The van der Waals surface area contributed by atoms with Crippen LogP contribution in [0.15, 0.2) is 18.2 Å². The molecule has 0 aliphatic heterocycles. The number of nitrogens with one attached hydrogen (secondary N) is 1. The molecule has 0 aromatic heterocycles. The Balaban J connectivity index is 2.89. The van der Waals surface area contributed by atoms with Crippen LogP contribution in [0.2, 0.25) is 5.02 Å². The van der Waals surface area contributed by atoms with Gasteiger partial charge in [0.15, 0.2) is 0 Å². The highest BCUT2D eigenvalue weighted by Crippen LogP contribution is 2.20. The average molecular weight is 248 g/mol. The van der Waals surface area contributed by atoms with Crippen molar-refractivity contribution in [1.29, 1.82) is 5.26 Å². The summed E-state index contributed by atoms with van der Waals surface area (Å²) in [4.78, 5) is 11.6. The van der Waals surface area contributed by atoms with Crippen molar-refractivity contribution in [2.24, 2.45) is 5.73 Å². The zero-order valence-corrected chi connectivity index (χ0v) is 9.66. The van der Waals surface area contributed by atoms with Gasteiger partial charge in [0.05, 0.1) is 17.3 Å². The Bertz CT molecular complexity index is 513. The summed E-state index contributed by atoms with van der Waals surface area (Å²) in [5.74, 6) is 1.85. The highest BCUT2D eigenvalue weighted by Gasteiger charge is 2.14. The van der Waals surface area contributed by atoms with Crippen LogP contribution in [0.3, 0.4) is 0 Å². The Morgan fingerprint density at radius 2 is 2.35 bits per heavy atom. The molecule has 0 heterocycles. The molecule has 1 atom stereocenters. The van der Waals surface area contributed by atoms with Crippen LogP contribution in [0, 0.1) is 23.7 Å². The number of hydrogen-bond donors (Lipinski definition) is 2. The van der Waals surface area contributed by atoms with E-state index in [0.29, 0.717) is 16.3 Å². The third kappa shape index (κ3) is 3.49. The summed E-state index contributed by atoms with van der Waals surface area (Å²) in [6.07, 6.45) is 5.19. The molecule has 1 rings (SSSR count). The lowest BCUT2D eigenvalue weighted by atomic mass is 10.1. The second-order valence-electron chi connectivity index (χ2n) is 3.31. The number of carbonyl (C=O) groups is 1. The van der Waals surface area contributed by atoms with E-state index in [1.165, 1.54) is 12.1 Å². The van der Waals surface area contributed by atoms with Gasteiger partial charge in [0, 0.05) is 11.4 Å². The molecule has 17 heavy (non-hydrogen) atoms. The first-order chi connectivity index (χ1) is 8.08. The van der Waals surface area contributed by atoms with Gasteiger partial charge in [-0.1, -0.05) is 11.6 Å². The Morgan fingerprint density at radius 1 is 1.65 bits per heavy atom. The molecule has 1 unspecified atom stereocenters. The number of carbonyl (C=O) groups excluding carboxylic acids is 1. The second-order valence-corrected chi connectivity index (χ2v) is 3.74. The van der Waals surface area contributed by atoms with E-state index in [2.05, 4.69) is 11.2 Å². The molecular weight excluding hydrogens is 238 g/mol. The quantitative estimate of drug-likeness (QED) is 0.795. The first kappa shape index (κ1) is 13.1. The van der Waals surface area contributed by atoms with Crippen molar-refractivity contribution >= 4 is 23.2 Å². The van der Waals surface area contributed by atoms with E-state index >= 15 is 0 Å². The summed E-state index contributed by atoms with van der Waals surface area (Å²) in [5, 5.41) is 11.8. The molecule has 0 saturated heterocycles. The molecule has 86 valence electrons. The van der Waals surface area contributed by atoms with E-state index in [4.69, 9.17) is 29.0 Å². The number of nitrogens with two attached hydrogens (primary N) is 1.